The van der Waals surface area contributed by atoms with E-state index in [1.807, 2.05) is 36.1 Å². The van der Waals surface area contributed by atoms with Crippen LogP contribution in [0.2, 0.25) is 5.02 Å². The van der Waals surface area contributed by atoms with Gasteiger partial charge in [-0.05, 0) is 37.8 Å². The lowest BCUT2D eigenvalue weighted by molar-refractivity contribution is -0.143. The summed E-state index contributed by atoms with van der Waals surface area (Å²) in [5.41, 5.74) is 0.923. The first kappa shape index (κ1) is 14.4. The Morgan fingerprint density at radius 1 is 1.29 bits per heavy atom. The standard InChI is InChI=1S/C16H18ClNO3/c1-9(11-4-2-3-5-14(11)17)18(10-6-7-10)15(19)12-8-13(12)16(20)21/h2-5,9-10,12-13H,6-8H2,1H3,(H,20,21). The number of rotatable bonds is 5. The normalized spacial score (nSPS) is 25.2. The zero-order chi connectivity index (χ0) is 15.1. The lowest BCUT2D eigenvalue weighted by Gasteiger charge is -2.30. The number of benzene rings is 1. The Kier molecular flexibility index (Phi) is 3.66. The predicted molar refractivity (Wildman–Crippen MR) is 79.0 cm³/mol. The van der Waals surface area contributed by atoms with Crippen molar-refractivity contribution in [2.24, 2.45) is 11.8 Å². The summed E-state index contributed by atoms with van der Waals surface area (Å²) in [7, 11) is 0. The molecule has 1 aromatic carbocycles. The number of halogens is 1. The summed E-state index contributed by atoms with van der Waals surface area (Å²) >= 11 is 6.24. The molecule has 5 heteroatoms. The van der Waals surface area contributed by atoms with Gasteiger partial charge in [0.2, 0.25) is 5.91 Å². The van der Waals surface area contributed by atoms with E-state index in [0.29, 0.717) is 11.4 Å². The number of carboxylic acid groups (broad SMARTS) is 1. The van der Waals surface area contributed by atoms with Crippen LogP contribution >= 0.6 is 11.6 Å². The van der Waals surface area contributed by atoms with E-state index in [-0.39, 0.29) is 23.9 Å². The van der Waals surface area contributed by atoms with E-state index >= 15 is 0 Å². The second-order valence-corrected chi connectivity index (χ2v) is 6.37. The largest absolute Gasteiger partial charge is 0.481 e. The summed E-state index contributed by atoms with van der Waals surface area (Å²) in [6, 6.07) is 7.64. The van der Waals surface area contributed by atoms with E-state index in [2.05, 4.69) is 0 Å². The maximum Gasteiger partial charge on any atom is 0.307 e. The Morgan fingerprint density at radius 2 is 1.95 bits per heavy atom. The molecule has 2 fully saturated rings. The Hall–Kier alpha value is -1.55. The summed E-state index contributed by atoms with van der Waals surface area (Å²) in [4.78, 5) is 25.5. The van der Waals surface area contributed by atoms with Crippen molar-refractivity contribution in [2.75, 3.05) is 0 Å². The van der Waals surface area contributed by atoms with E-state index in [9.17, 15) is 9.59 Å². The molecule has 21 heavy (non-hydrogen) atoms. The van der Waals surface area contributed by atoms with E-state index in [0.717, 1.165) is 18.4 Å². The van der Waals surface area contributed by atoms with Gasteiger partial charge in [-0.3, -0.25) is 9.59 Å². The number of carbonyl (C=O) groups is 2. The van der Waals surface area contributed by atoms with Gasteiger partial charge in [0.1, 0.15) is 0 Å². The van der Waals surface area contributed by atoms with Crippen molar-refractivity contribution in [3.05, 3.63) is 34.9 Å². The maximum atomic E-state index is 12.6. The molecule has 112 valence electrons. The first-order valence-electron chi connectivity index (χ1n) is 7.30. The topological polar surface area (TPSA) is 57.6 Å². The van der Waals surface area contributed by atoms with Crippen LogP contribution in [0.5, 0.6) is 0 Å². The number of carboxylic acids is 1. The van der Waals surface area contributed by atoms with Gasteiger partial charge in [0.15, 0.2) is 0 Å². The van der Waals surface area contributed by atoms with Crippen molar-refractivity contribution in [3.63, 3.8) is 0 Å². The molecule has 4 nitrogen and oxygen atoms in total. The zero-order valence-corrected chi connectivity index (χ0v) is 12.6. The monoisotopic (exact) mass is 307 g/mol. The highest BCUT2D eigenvalue weighted by Gasteiger charge is 2.52. The smallest absolute Gasteiger partial charge is 0.307 e. The Labute approximate surface area is 128 Å². The SMILES string of the molecule is CC(c1ccccc1Cl)N(C(=O)C1CC1C(=O)O)C1CC1. The van der Waals surface area contributed by atoms with E-state index < -0.39 is 11.9 Å². The molecule has 1 N–H and O–H groups in total. The molecule has 0 heterocycles. The molecule has 3 unspecified atom stereocenters. The number of aliphatic carboxylic acids is 1. The lowest BCUT2D eigenvalue weighted by atomic mass is 10.1. The fraction of sp³-hybridized carbons (Fsp3) is 0.500. The van der Waals surface area contributed by atoms with Crippen molar-refractivity contribution < 1.29 is 14.7 Å². The Bertz CT molecular complexity index is 585. The quantitative estimate of drug-likeness (QED) is 0.909. The summed E-state index contributed by atoms with van der Waals surface area (Å²) in [5.74, 6) is -1.75. The molecule has 3 rings (SSSR count). The molecule has 1 amide bonds. The van der Waals surface area contributed by atoms with Gasteiger partial charge in [-0.2, -0.15) is 0 Å². The molecule has 2 saturated carbocycles. The van der Waals surface area contributed by atoms with Crippen LogP contribution < -0.4 is 0 Å². The van der Waals surface area contributed by atoms with Crippen LogP contribution in [0.4, 0.5) is 0 Å². The van der Waals surface area contributed by atoms with Gasteiger partial charge in [0, 0.05) is 11.1 Å². The molecule has 2 aliphatic rings. The van der Waals surface area contributed by atoms with Crippen LogP contribution in [0.15, 0.2) is 24.3 Å². The number of amides is 1. The molecule has 3 atom stereocenters. The lowest BCUT2D eigenvalue weighted by Crippen LogP contribution is -2.37. The van der Waals surface area contributed by atoms with Gasteiger partial charge >= 0.3 is 5.97 Å². The zero-order valence-electron chi connectivity index (χ0n) is 11.8. The van der Waals surface area contributed by atoms with Crippen molar-refractivity contribution in [1.82, 2.24) is 4.90 Å². The molecule has 0 aliphatic heterocycles. The number of nitrogens with zero attached hydrogens (tertiary/aromatic N) is 1. The molecule has 0 bridgehead atoms. The molecule has 0 aromatic heterocycles. The molecule has 1 aromatic rings. The van der Waals surface area contributed by atoms with Gasteiger partial charge in [-0.15, -0.1) is 0 Å². The van der Waals surface area contributed by atoms with Crippen LogP contribution in [0.1, 0.15) is 37.8 Å². The fourth-order valence-corrected chi connectivity index (χ4v) is 3.23. The molecule has 0 saturated heterocycles. The summed E-state index contributed by atoms with van der Waals surface area (Å²) in [6.45, 7) is 1.97. The summed E-state index contributed by atoms with van der Waals surface area (Å²) in [6.07, 6.45) is 2.45. The van der Waals surface area contributed by atoms with Crippen LogP contribution in [-0.4, -0.2) is 27.9 Å². The molecule has 0 radical (unpaired) electrons. The Morgan fingerprint density at radius 3 is 2.48 bits per heavy atom. The van der Waals surface area contributed by atoms with Crippen molar-refractivity contribution in [1.29, 1.82) is 0 Å². The average Bonchev–Trinajstić information content (AvgIpc) is 3.32. The number of hydrogen-bond acceptors (Lipinski definition) is 2. The van der Waals surface area contributed by atoms with Crippen molar-refractivity contribution in [2.45, 2.75) is 38.3 Å². The highest BCUT2D eigenvalue weighted by molar-refractivity contribution is 6.31. The van der Waals surface area contributed by atoms with E-state index in [4.69, 9.17) is 16.7 Å². The highest BCUT2D eigenvalue weighted by atomic mass is 35.5. The van der Waals surface area contributed by atoms with Crippen LogP contribution in [0.3, 0.4) is 0 Å². The highest BCUT2D eigenvalue weighted by Crippen LogP contribution is 2.45. The van der Waals surface area contributed by atoms with Gasteiger partial charge in [0.25, 0.3) is 0 Å². The van der Waals surface area contributed by atoms with Gasteiger partial charge in [0.05, 0.1) is 17.9 Å². The second-order valence-electron chi connectivity index (χ2n) is 5.96. The first-order valence-corrected chi connectivity index (χ1v) is 7.68. The second kappa shape index (κ2) is 5.34. The third kappa shape index (κ3) is 2.77. The van der Waals surface area contributed by atoms with E-state index in [1.54, 1.807) is 0 Å². The van der Waals surface area contributed by atoms with Crippen molar-refractivity contribution >= 4 is 23.5 Å². The van der Waals surface area contributed by atoms with Gasteiger partial charge in [-0.1, -0.05) is 29.8 Å². The molecular formula is C16H18ClNO3. The Balaban J connectivity index is 1.81. The van der Waals surface area contributed by atoms with Crippen molar-refractivity contribution in [3.8, 4) is 0 Å². The number of hydrogen-bond donors (Lipinski definition) is 1. The third-order valence-electron chi connectivity index (χ3n) is 4.39. The average molecular weight is 308 g/mol. The minimum atomic E-state index is -0.866. The fourth-order valence-electron chi connectivity index (χ4n) is 2.94. The predicted octanol–water partition coefficient (Wildman–Crippen LogP) is 3.11. The minimum absolute atomic E-state index is 0.0303. The minimum Gasteiger partial charge on any atom is -0.481 e. The van der Waals surface area contributed by atoms with Gasteiger partial charge in [-0.25, -0.2) is 0 Å². The first-order chi connectivity index (χ1) is 10.0. The summed E-state index contributed by atoms with van der Waals surface area (Å²) in [5, 5.41) is 9.66. The third-order valence-corrected chi connectivity index (χ3v) is 4.74. The molecule has 2 aliphatic carbocycles. The van der Waals surface area contributed by atoms with Crippen LogP contribution in [0.25, 0.3) is 0 Å². The molecular weight excluding hydrogens is 290 g/mol. The van der Waals surface area contributed by atoms with Crippen LogP contribution in [0, 0.1) is 11.8 Å². The van der Waals surface area contributed by atoms with E-state index in [1.165, 1.54) is 0 Å². The summed E-state index contributed by atoms with van der Waals surface area (Å²) < 4.78 is 0. The number of carbonyl (C=O) groups excluding carboxylic acids is 1. The maximum absolute atomic E-state index is 12.6. The molecule has 0 spiro atoms. The van der Waals surface area contributed by atoms with Crippen LogP contribution in [-0.2, 0) is 9.59 Å². The van der Waals surface area contributed by atoms with Gasteiger partial charge < -0.3 is 10.0 Å².